The number of rotatable bonds is 4. The summed E-state index contributed by atoms with van der Waals surface area (Å²) in [7, 11) is 0. The molecule has 1 aromatic carbocycles. The van der Waals surface area contributed by atoms with Gasteiger partial charge in [-0.25, -0.2) is 0 Å². The van der Waals surface area contributed by atoms with Crippen molar-refractivity contribution in [1.29, 1.82) is 0 Å². The van der Waals surface area contributed by atoms with E-state index in [0.29, 0.717) is 13.2 Å². The Morgan fingerprint density at radius 1 is 1.22 bits per heavy atom. The minimum absolute atomic E-state index is 0.103. The van der Waals surface area contributed by atoms with Gasteiger partial charge in [-0.1, -0.05) is 64.8 Å². The lowest BCUT2D eigenvalue weighted by Crippen LogP contribution is -2.15. The number of allylic oxidation sites excluding steroid dienone is 1. The molecular weight excluding hydrogens is 356 g/mol. The van der Waals surface area contributed by atoms with E-state index in [1.807, 2.05) is 19.1 Å². The van der Waals surface area contributed by atoms with E-state index in [0.717, 1.165) is 8.95 Å². The van der Waals surface area contributed by atoms with E-state index in [1.54, 1.807) is 0 Å². The Kier molecular flexibility index (Phi) is 6.09. The van der Waals surface area contributed by atoms with E-state index < -0.39 is 0 Å². The normalized spacial score (nSPS) is 12.3. The van der Waals surface area contributed by atoms with Crippen molar-refractivity contribution in [3.8, 4) is 0 Å². The molecule has 0 spiro atoms. The Labute approximate surface area is 127 Å². The van der Waals surface area contributed by atoms with Gasteiger partial charge in [0.05, 0.1) is 13.2 Å². The summed E-state index contributed by atoms with van der Waals surface area (Å²) in [4.78, 5) is 0. The van der Waals surface area contributed by atoms with Crippen LogP contribution >= 0.6 is 31.9 Å². The molecule has 18 heavy (non-hydrogen) atoms. The van der Waals surface area contributed by atoms with Crippen molar-refractivity contribution >= 4 is 31.9 Å². The highest BCUT2D eigenvalue weighted by Gasteiger charge is 2.20. The number of hydrogen-bond acceptors (Lipinski definition) is 1. The Hall–Kier alpha value is -0.120. The van der Waals surface area contributed by atoms with Crippen LogP contribution in [0.4, 0.5) is 0 Å². The molecule has 0 unspecified atom stereocenters. The number of hydrogen-bond donors (Lipinski definition) is 0. The third kappa shape index (κ3) is 4.52. The SMILES string of the molecule is C/C=C/COCc1c(Br)cc(Br)cc1C(C)(C)C. The maximum atomic E-state index is 5.68. The summed E-state index contributed by atoms with van der Waals surface area (Å²) in [5.41, 5.74) is 2.64. The van der Waals surface area contributed by atoms with Crippen molar-refractivity contribution in [2.45, 2.75) is 39.7 Å². The third-order valence-electron chi connectivity index (χ3n) is 2.66. The number of benzene rings is 1. The molecule has 100 valence electrons. The molecule has 0 fully saturated rings. The lowest BCUT2D eigenvalue weighted by Gasteiger charge is -2.24. The molecule has 0 heterocycles. The van der Waals surface area contributed by atoms with Crippen LogP contribution in [0.3, 0.4) is 0 Å². The number of ether oxygens (including phenoxy) is 1. The minimum Gasteiger partial charge on any atom is -0.373 e. The van der Waals surface area contributed by atoms with E-state index >= 15 is 0 Å². The number of halogens is 2. The molecule has 0 aliphatic carbocycles. The third-order valence-corrected chi connectivity index (χ3v) is 3.83. The molecule has 3 heteroatoms. The molecule has 0 N–H and O–H groups in total. The molecule has 0 saturated heterocycles. The second kappa shape index (κ2) is 6.88. The lowest BCUT2D eigenvalue weighted by molar-refractivity contribution is 0.146. The molecular formula is C15H20Br2O. The molecule has 0 aliphatic heterocycles. The first kappa shape index (κ1) is 15.9. The molecule has 1 aromatic rings. The zero-order valence-corrected chi connectivity index (χ0v) is 14.6. The van der Waals surface area contributed by atoms with Gasteiger partial charge in [-0.3, -0.25) is 0 Å². The summed E-state index contributed by atoms with van der Waals surface area (Å²) in [6.45, 7) is 9.94. The average molecular weight is 376 g/mol. The summed E-state index contributed by atoms with van der Waals surface area (Å²) in [5.74, 6) is 0. The summed E-state index contributed by atoms with van der Waals surface area (Å²) >= 11 is 7.18. The van der Waals surface area contributed by atoms with Gasteiger partial charge in [0.1, 0.15) is 0 Å². The van der Waals surface area contributed by atoms with E-state index in [-0.39, 0.29) is 5.41 Å². The van der Waals surface area contributed by atoms with Crippen LogP contribution in [-0.4, -0.2) is 6.61 Å². The van der Waals surface area contributed by atoms with E-state index in [4.69, 9.17) is 4.74 Å². The Bertz CT molecular complexity index is 431. The van der Waals surface area contributed by atoms with Crippen LogP contribution in [0.2, 0.25) is 0 Å². The average Bonchev–Trinajstić information content (AvgIpc) is 2.24. The summed E-state index contributed by atoms with van der Waals surface area (Å²) in [5, 5.41) is 0. The van der Waals surface area contributed by atoms with Gasteiger partial charge in [0.2, 0.25) is 0 Å². The van der Waals surface area contributed by atoms with Gasteiger partial charge in [0, 0.05) is 8.95 Å². The second-order valence-corrected chi connectivity index (χ2v) is 7.02. The molecule has 0 bridgehead atoms. The fourth-order valence-corrected chi connectivity index (χ4v) is 3.08. The van der Waals surface area contributed by atoms with Crippen LogP contribution in [0.25, 0.3) is 0 Å². The molecule has 1 nitrogen and oxygen atoms in total. The molecule has 0 aliphatic rings. The van der Waals surface area contributed by atoms with Gasteiger partial charge < -0.3 is 4.74 Å². The van der Waals surface area contributed by atoms with Gasteiger partial charge in [0.15, 0.2) is 0 Å². The predicted molar refractivity (Wildman–Crippen MR) is 85.0 cm³/mol. The lowest BCUT2D eigenvalue weighted by atomic mass is 9.84. The van der Waals surface area contributed by atoms with Gasteiger partial charge >= 0.3 is 0 Å². The van der Waals surface area contributed by atoms with Crippen molar-refractivity contribution in [3.05, 3.63) is 44.4 Å². The summed E-state index contributed by atoms with van der Waals surface area (Å²) < 4.78 is 7.88. The minimum atomic E-state index is 0.103. The van der Waals surface area contributed by atoms with E-state index in [2.05, 4.69) is 64.8 Å². The van der Waals surface area contributed by atoms with Crippen LogP contribution < -0.4 is 0 Å². The quantitative estimate of drug-likeness (QED) is 0.491. The molecule has 0 amide bonds. The fourth-order valence-electron chi connectivity index (χ4n) is 1.74. The van der Waals surface area contributed by atoms with Crippen LogP contribution in [-0.2, 0) is 16.8 Å². The molecule has 0 atom stereocenters. The summed E-state index contributed by atoms with van der Waals surface area (Å²) in [6.07, 6.45) is 4.02. The maximum absolute atomic E-state index is 5.68. The topological polar surface area (TPSA) is 9.23 Å². The Morgan fingerprint density at radius 2 is 1.89 bits per heavy atom. The first-order valence-corrected chi connectivity index (χ1v) is 7.62. The smallest absolute Gasteiger partial charge is 0.0735 e. The first-order valence-electron chi connectivity index (χ1n) is 6.03. The van der Waals surface area contributed by atoms with Crippen molar-refractivity contribution in [2.24, 2.45) is 0 Å². The van der Waals surface area contributed by atoms with Gasteiger partial charge in [-0.2, -0.15) is 0 Å². The largest absolute Gasteiger partial charge is 0.373 e. The highest BCUT2D eigenvalue weighted by molar-refractivity contribution is 9.11. The monoisotopic (exact) mass is 374 g/mol. The highest BCUT2D eigenvalue weighted by atomic mass is 79.9. The molecule has 0 saturated carbocycles. The summed E-state index contributed by atoms with van der Waals surface area (Å²) in [6, 6.07) is 4.25. The first-order chi connectivity index (χ1) is 8.36. The van der Waals surface area contributed by atoms with Crippen LogP contribution in [0.5, 0.6) is 0 Å². The van der Waals surface area contributed by atoms with Crippen molar-refractivity contribution in [3.63, 3.8) is 0 Å². The zero-order valence-electron chi connectivity index (χ0n) is 11.4. The van der Waals surface area contributed by atoms with Crippen LogP contribution in [0, 0.1) is 0 Å². The van der Waals surface area contributed by atoms with Crippen molar-refractivity contribution in [1.82, 2.24) is 0 Å². The van der Waals surface area contributed by atoms with E-state index in [1.165, 1.54) is 11.1 Å². The second-order valence-electron chi connectivity index (χ2n) is 5.25. The molecule has 0 radical (unpaired) electrons. The van der Waals surface area contributed by atoms with Crippen LogP contribution in [0.15, 0.2) is 33.2 Å². The van der Waals surface area contributed by atoms with Gasteiger partial charge in [-0.05, 0) is 35.6 Å². The standard InChI is InChI=1S/C15H20Br2O/c1-5-6-7-18-10-12-13(15(2,3)4)8-11(16)9-14(12)17/h5-6,8-9H,7,10H2,1-4H3/b6-5+. The molecule has 1 rings (SSSR count). The van der Waals surface area contributed by atoms with Gasteiger partial charge in [-0.15, -0.1) is 0 Å². The van der Waals surface area contributed by atoms with Crippen molar-refractivity contribution in [2.75, 3.05) is 6.61 Å². The van der Waals surface area contributed by atoms with Gasteiger partial charge in [0.25, 0.3) is 0 Å². The maximum Gasteiger partial charge on any atom is 0.0735 e. The van der Waals surface area contributed by atoms with Crippen LogP contribution in [0.1, 0.15) is 38.8 Å². The van der Waals surface area contributed by atoms with E-state index in [9.17, 15) is 0 Å². The Balaban J connectivity index is 3.01. The Morgan fingerprint density at radius 3 is 2.44 bits per heavy atom. The van der Waals surface area contributed by atoms with Crippen molar-refractivity contribution < 1.29 is 4.74 Å². The predicted octanol–water partition coefficient (Wildman–Crippen LogP) is 5.60. The fraction of sp³-hybridized carbons (Fsp3) is 0.467. The highest BCUT2D eigenvalue weighted by Crippen LogP contribution is 2.34. The molecule has 0 aromatic heterocycles. The zero-order chi connectivity index (χ0) is 13.8.